The fourth-order valence-electron chi connectivity index (χ4n) is 2.85. The minimum atomic E-state index is -0.730. The molecule has 2 N–H and O–H groups in total. The molecule has 2 fully saturated rings. The van der Waals surface area contributed by atoms with Gasteiger partial charge in [-0.05, 0) is 12.0 Å². The van der Waals surface area contributed by atoms with Crippen LogP contribution in [0.1, 0.15) is 18.4 Å². The molecule has 3 rings (SSSR count). The molecule has 1 heterocycles. The third-order valence-corrected chi connectivity index (χ3v) is 3.98. The lowest BCUT2D eigenvalue weighted by Crippen LogP contribution is -2.47. The highest BCUT2D eigenvalue weighted by Gasteiger charge is 2.49. The summed E-state index contributed by atoms with van der Waals surface area (Å²) in [5.41, 5.74) is 0.886. The minimum absolute atomic E-state index is 0.166. The second kappa shape index (κ2) is 5.73. The zero-order chi connectivity index (χ0) is 14.8. The van der Waals surface area contributed by atoms with Gasteiger partial charge in [0.15, 0.2) is 0 Å². The summed E-state index contributed by atoms with van der Waals surface area (Å²) < 4.78 is 10.2. The second-order valence-corrected chi connectivity index (χ2v) is 5.43. The van der Waals surface area contributed by atoms with Gasteiger partial charge in [-0.2, -0.15) is 0 Å². The van der Waals surface area contributed by atoms with Crippen LogP contribution in [0.4, 0.5) is 4.79 Å². The Morgan fingerprint density at radius 1 is 1.33 bits per heavy atom. The number of alkyl carbamates (subject to hydrolysis) is 1. The van der Waals surface area contributed by atoms with Crippen LogP contribution in [0.25, 0.3) is 0 Å². The van der Waals surface area contributed by atoms with Gasteiger partial charge in [-0.1, -0.05) is 30.3 Å². The van der Waals surface area contributed by atoms with Gasteiger partial charge in [-0.15, -0.1) is 0 Å². The molecule has 1 saturated heterocycles. The number of nitrogens with one attached hydrogen (secondary N) is 1. The van der Waals surface area contributed by atoms with E-state index in [1.165, 1.54) is 0 Å². The van der Waals surface area contributed by atoms with E-state index < -0.39 is 24.3 Å². The van der Waals surface area contributed by atoms with Gasteiger partial charge in [-0.25, -0.2) is 4.79 Å². The molecule has 21 heavy (non-hydrogen) atoms. The third kappa shape index (κ3) is 3.00. The summed E-state index contributed by atoms with van der Waals surface area (Å²) in [5, 5.41) is 12.5. The highest BCUT2D eigenvalue weighted by atomic mass is 16.6. The maximum atomic E-state index is 11.8. The molecule has 0 spiro atoms. The van der Waals surface area contributed by atoms with Crippen molar-refractivity contribution in [2.24, 2.45) is 5.92 Å². The van der Waals surface area contributed by atoms with Crippen molar-refractivity contribution in [1.82, 2.24) is 5.32 Å². The number of aliphatic hydroxyl groups is 1. The Balaban J connectivity index is 1.54. The number of hydrogen-bond acceptors (Lipinski definition) is 5. The summed E-state index contributed by atoms with van der Waals surface area (Å²) >= 11 is 0. The van der Waals surface area contributed by atoms with Gasteiger partial charge < -0.3 is 19.9 Å². The van der Waals surface area contributed by atoms with Gasteiger partial charge >= 0.3 is 12.1 Å². The molecule has 6 nitrogen and oxygen atoms in total. The molecule has 1 amide bonds. The van der Waals surface area contributed by atoms with E-state index in [2.05, 4.69) is 5.32 Å². The molecule has 6 heteroatoms. The zero-order valence-corrected chi connectivity index (χ0v) is 11.4. The molecular formula is C15H17NO5. The van der Waals surface area contributed by atoms with E-state index in [4.69, 9.17) is 9.47 Å². The van der Waals surface area contributed by atoms with Crippen molar-refractivity contribution in [3.63, 3.8) is 0 Å². The van der Waals surface area contributed by atoms with Crippen molar-refractivity contribution >= 4 is 12.1 Å². The standard InChI is InChI=1S/C15H17NO5/c17-12-7-11(10-6-13(12)21-14(10)18)16-15(19)20-8-9-4-2-1-3-5-9/h1-5,10-13,17H,6-8H2,(H,16,19)/t10-,11-,12+,13+/m1/s1. The summed E-state index contributed by atoms with van der Waals surface area (Å²) in [6.45, 7) is 0.166. The van der Waals surface area contributed by atoms with Crippen molar-refractivity contribution < 1.29 is 24.2 Å². The Labute approximate surface area is 122 Å². The maximum Gasteiger partial charge on any atom is 0.407 e. The van der Waals surface area contributed by atoms with Crippen LogP contribution in [-0.4, -0.2) is 35.4 Å². The highest BCUT2D eigenvalue weighted by molar-refractivity contribution is 5.77. The molecule has 2 bridgehead atoms. The molecule has 0 radical (unpaired) electrons. The van der Waals surface area contributed by atoms with Crippen LogP contribution in [-0.2, 0) is 20.9 Å². The number of benzene rings is 1. The van der Waals surface area contributed by atoms with Crippen LogP contribution >= 0.6 is 0 Å². The Morgan fingerprint density at radius 3 is 2.86 bits per heavy atom. The average molecular weight is 291 g/mol. The highest BCUT2D eigenvalue weighted by Crippen LogP contribution is 2.34. The van der Waals surface area contributed by atoms with E-state index in [1.807, 2.05) is 30.3 Å². The van der Waals surface area contributed by atoms with E-state index in [9.17, 15) is 14.7 Å². The molecule has 2 aliphatic rings. The largest absolute Gasteiger partial charge is 0.459 e. The number of esters is 1. The molecule has 0 unspecified atom stereocenters. The maximum absolute atomic E-state index is 11.8. The first-order valence-corrected chi connectivity index (χ1v) is 6.99. The molecule has 1 aliphatic carbocycles. The topological polar surface area (TPSA) is 84.9 Å². The number of fused-ring (bicyclic) bond motifs is 2. The number of carbonyl (C=O) groups excluding carboxylic acids is 2. The molecule has 1 saturated carbocycles. The van der Waals surface area contributed by atoms with E-state index in [-0.39, 0.29) is 18.5 Å². The average Bonchev–Trinajstić information content (AvgIpc) is 2.83. The quantitative estimate of drug-likeness (QED) is 0.811. The molecule has 0 aromatic heterocycles. The third-order valence-electron chi connectivity index (χ3n) is 3.98. The Bertz CT molecular complexity index is 532. The zero-order valence-electron chi connectivity index (χ0n) is 11.4. The first kappa shape index (κ1) is 13.9. The molecule has 112 valence electrons. The molecular weight excluding hydrogens is 274 g/mol. The first-order valence-electron chi connectivity index (χ1n) is 6.99. The fourth-order valence-corrected chi connectivity index (χ4v) is 2.85. The van der Waals surface area contributed by atoms with Crippen molar-refractivity contribution in [3.8, 4) is 0 Å². The van der Waals surface area contributed by atoms with Gasteiger partial charge in [0.2, 0.25) is 0 Å². The van der Waals surface area contributed by atoms with Crippen molar-refractivity contribution in [2.45, 2.75) is 37.7 Å². The number of carbonyl (C=O) groups is 2. The second-order valence-electron chi connectivity index (χ2n) is 5.43. The van der Waals surface area contributed by atoms with Crippen LogP contribution in [0.2, 0.25) is 0 Å². The van der Waals surface area contributed by atoms with Gasteiger partial charge in [0.25, 0.3) is 0 Å². The van der Waals surface area contributed by atoms with E-state index in [0.29, 0.717) is 12.8 Å². The normalized spacial score (nSPS) is 30.6. The van der Waals surface area contributed by atoms with E-state index in [1.54, 1.807) is 0 Å². The number of ether oxygens (including phenoxy) is 2. The molecule has 1 aromatic carbocycles. The van der Waals surface area contributed by atoms with Gasteiger partial charge in [0.1, 0.15) is 12.7 Å². The number of hydrogen-bond donors (Lipinski definition) is 2. The van der Waals surface area contributed by atoms with Gasteiger partial charge in [0, 0.05) is 12.5 Å². The SMILES string of the molecule is O=C(N[C@@H]1C[C@H](O)[C@@H]2C[C@H]1C(=O)O2)OCc1ccccc1. The van der Waals surface area contributed by atoms with E-state index in [0.717, 1.165) is 5.56 Å². The summed E-state index contributed by atoms with van der Waals surface area (Å²) in [6, 6.07) is 8.89. The molecule has 4 atom stereocenters. The lowest BCUT2D eigenvalue weighted by molar-refractivity contribution is -0.145. The van der Waals surface area contributed by atoms with E-state index >= 15 is 0 Å². The molecule has 1 aliphatic heterocycles. The number of rotatable bonds is 3. The van der Waals surface area contributed by atoms with Crippen molar-refractivity contribution in [1.29, 1.82) is 0 Å². The van der Waals surface area contributed by atoms with Crippen LogP contribution < -0.4 is 5.32 Å². The number of amides is 1. The first-order chi connectivity index (χ1) is 10.1. The molecule has 1 aromatic rings. The smallest absolute Gasteiger partial charge is 0.407 e. The fraction of sp³-hybridized carbons (Fsp3) is 0.467. The van der Waals surface area contributed by atoms with Crippen LogP contribution in [0, 0.1) is 5.92 Å². The van der Waals surface area contributed by atoms with Crippen molar-refractivity contribution in [3.05, 3.63) is 35.9 Å². The predicted molar refractivity (Wildman–Crippen MR) is 72.2 cm³/mol. The van der Waals surface area contributed by atoms with Crippen molar-refractivity contribution in [2.75, 3.05) is 0 Å². The predicted octanol–water partition coefficient (Wildman–Crippen LogP) is 0.978. The minimum Gasteiger partial charge on any atom is -0.459 e. The lowest BCUT2D eigenvalue weighted by Gasteiger charge is -2.28. The van der Waals surface area contributed by atoms with Crippen LogP contribution in [0.15, 0.2) is 30.3 Å². The van der Waals surface area contributed by atoms with Gasteiger partial charge in [0.05, 0.1) is 12.0 Å². The monoisotopic (exact) mass is 291 g/mol. The van der Waals surface area contributed by atoms with Gasteiger partial charge in [-0.3, -0.25) is 4.79 Å². The van der Waals surface area contributed by atoms with Crippen LogP contribution in [0.5, 0.6) is 0 Å². The lowest BCUT2D eigenvalue weighted by atomic mass is 9.84. The summed E-state index contributed by atoms with van der Waals surface area (Å²) in [4.78, 5) is 23.5. The summed E-state index contributed by atoms with van der Waals surface area (Å²) in [5.74, 6) is -0.743. The number of aliphatic hydroxyl groups excluding tert-OH is 1. The Kier molecular flexibility index (Phi) is 3.79. The summed E-state index contributed by atoms with van der Waals surface area (Å²) in [6.07, 6.45) is -0.993. The Morgan fingerprint density at radius 2 is 2.10 bits per heavy atom. The van der Waals surface area contributed by atoms with Crippen LogP contribution in [0.3, 0.4) is 0 Å². The summed E-state index contributed by atoms with van der Waals surface area (Å²) in [7, 11) is 0. The Hall–Kier alpha value is -2.08.